The van der Waals surface area contributed by atoms with Crippen LogP contribution >= 0.6 is 27.5 Å². The van der Waals surface area contributed by atoms with Crippen LogP contribution in [0, 0.1) is 6.92 Å². The molecule has 0 aliphatic heterocycles. The number of aryl methyl sites for hydroxylation is 1. The summed E-state index contributed by atoms with van der Waals surface area (Å²) >= 11 is 9.67. The SMILES string of the molecule is Cc1ccc(C(=O)c2c[nH]c3cccc(Cl)c23)cc1Br. The highest BCUT2D eigenvalue weighted by molar-refractivity contribution is 9.10. The fraction of sp³-hybridized carbons (Fsp3) is 0.0625. The Morgan fingerprint density at radius 2 is 2.05 bits per heavy atom. The minimum atomic E-state index is -0.0370. The summed E-state index contributed by atoms with van der Waals surface area (Å²) in [5.41, 5.74) is 3.20. The van der Waals surface area contributed by atoms with E-state index in [1.165, 1.54) is 0 Å². The lowest BCUT2D eigenvalue weighted by Crippen LogP contribution is -2.00. The van der Waals surface area contributed by atoms with Crippen LogP contribution in [-0.2, 0) is 0 Å². The first-order valence-electron chi connectivity index (χ1n) is 6.14. The summed E-state index contributed by atoms with van der Waals surface area (Å²) in [5.74, 6) is -0.0370. The van der Waals surface area contributed by atoms with Crippen LogP contribution in [0.5, 0.6) is 0 Å². The van der Waals surface area contributed by atoms with Crippen LogP contribution in [0.25, 0.3) is 10.9 Å². The lowest BCUT2D eigenvalue weighted by Gasteiger charge is -2.04. The molecular weight excluding hydrogens is 338 g/mol. The van der Waals surface area contributed by atoms with Gasteiger partial charge in [-0.3, -0.25) is 4.79 Å². The third kappa shape index (κ3) is 2.17. The second kappa shape index (κ2) is 5.08. The molecule has 0 atom stereocenters. The Kier molecular flexibility index (Phi) is 3.40. The van der Waals surface area contributed by atoms with Gasteiger partial charge in [-0.15, -0.1) is 0 Å². The maximum absolute atomic E-state index is 12.6. The number of hydrogen-bond acceptors (Lipinski definition) is 1. The number of carbonyl (C=O) groups is 1. The summed E-state index contributed by atoms with van der Waals surface area (Å²) in [4.78, 5) is 15.7. The molecule has 3 aromatic rings. The predicted octanol–water partition coefficient (Wildman–Crippen LogP) is 5.12. The highest BCUT2D eigenvalue weighted by Gasteiger charge is 2.16. The fourth-order valence-electron chi connectivity index (χ4n) is 2.21. The van der Waals surface area contributed by atoms with Gasteiger partial charge in [0, 0.05) is 32.7 Å². The van der Waals surface area contributed by atoms with E-state index in [-0.39, 0.29) is 5.78 Å². The van der Waals surface area contributed by atoms with Gasteiger partial charge in [0.2, 0.25) is 0 Å². The Morgan fingerprint density at radius 1 is 1.25 bits per heavy atom. The first-order valence-corrected chi connectivity index (χ1v) is 7.31. The summed E-state index contributed by atoms with van der Waals surface area (Å²) in [6.07, 6.45) is 1.71. The van der Waals surface area contributed by atoms with E-state index < -0.39 is 0 Å². The number of carbonyl (C=O) groups excluding carboxylic acids is 1. The number of nitrogens with one attached hydrogen (secondary N) is 1. The Labute approximate surface area is 129 Å². The van der Waals surface area contributed by atoms with E-state index in [0.29, 0.717) is 16.1 Å². The fourth-order valence-corrected chi connectivity index (χ4v) is 2.86. The van der Waals surface area contributed by atoms with Crippen molar-refractivity contribution in [1.82, 2.24) is 4.98 Å². The minimum absolute atomic E-state index is 0.0370. The molecule has 1 heterocycles. The molecule has 0 bridgehead atoms. The van der Waals surface area contributed by atoms with Crippen molar-refractivity contribution in [3.8, 4) is 0 Å². The number of hydrogen-bond donors (Lipinski definition) is 1. The smallest absolute Gasteiger partial charge is 0.195 e. The van der Waals surface area contributed by atoms with Crippen molar-refractivity contribution in [3.05, 3.63) is 68.8 Å². The third-order valence-corrected chi connectivity index (χ3v) is 4.50. The lowest BCUT2D eigenvalue weighted by molar-refractivity contribution is 0.104. The highest BCUT2D eigenvalue weighted by atomic mass is 79.9. The molecule has 20 heavy (non-hydrogen) atoms. The number of halogens is 2. The molecule has 3 rings (SSSR count). The van der Waals surface area contributed by atoms with Gasteiger partial charge in [-0.2, -0.15) is 0 Å². The van der Waals surface area contributed by atoms with E-state index in [2.05, 4.69) is 20.9 Å². The van der Waals surface area contributed by atoms with E-state index in [0.717, 1.165) is 20.9 Å². The Bertz CT molecular complexity index is 822. The van der Waals surface area contributed by atoms with Crippen LogP contribution in [0.1, 0.15) is 21.5 Å². The van der Waals surface area contributed by atoms with E-state index >= 15 is 0 Å². The molecule has 0 aliphatic rings. The van der Waals surface area contributed by atoms with E-state index in [9.17, 15) is 4.79 Å². The number of H-pyrrole nitrogens is 1. The quantitative estimate of drug-likeness (QED) is 0.640. The largest absolute Gasteiger partial charge is 0.360 e. The summed E-state index contributed by atoms with van der Waals surface area (Å²) in [6, 6.07) is 11.2. The van der Waals surface area contributed by atoms with Crippen molar-refractivity contribution < 1.29 is 4.79 Å². The summed E-state index contributed by atoms with van der Waals surface area (Å²) < 4.78 is 0.925. The topological polar surface area (TPSA) is 32.9 Å². The van der Waals surface area contributed by atoms with Crippen molar-refractivity contribution >= 4 is 44.2 Å². The standard InChI is InChI=1S/C16H11BrClNO/c1-9-5-6-10(7-12(9)17)16(20)11-8-19-14-4-2-3-13(18)15(11)14/h2-8,19H,1H3. The first-order chi connectivity index (χ1) is 9.58. The van der Waals surface area contributed by atoms with Crippen LogP contribution in [0.15, 0.2) is 47.1 Å². The molecule has 0 fully saturated rings. The molecule has 0 aliphatic carbocycles. The summed E-state index contributed by atoms with van der Waals surface area (Å²) in [7, 11) is 0. The van der Waals surface area contributed by atoms with Crippen LogP contribution < -0.4 is 0 Å². The molecule has 0 radical (unpaired) electrons. The highest BCUT2D eigenvalue weighted by Crippen LogP contribution is 2.29. The molecule has 1 aromatic heterocycles. The molecule has 2 nitrogen and oxygen atoms in total. The van der Waals surface area contributed by atoms with Gasteiger partial charge in [-0.05, 0) is 30.7 Å². The number of aromatic amines is 1. The number of ketones is 1. The second-order valence-corrected chi connectivity index (χ2v) is 5.92. The minimum Gasteiger partial charge on any atom is -0.360 e. The monoisotopic (exact) mass is 347 g/mol. The zero-order valence-corrected chi connectivity index (χ0v) is 13.0. The normalized spacial score (nSPS) is 10.9. The molecule has 0 spiro atoms. The molecule has 0 amide bonds. The van der Waals surface area contributed by atoms with E-state index in [4.69, 9.17) is 11.6 Å². The van der Waals surface area contributed by atoms with Gasteiger partial charge in [-0.1, -0.05) is 45.7 Å². The zero-order valence-electron chi connectivity index (χ0n) is 10.7. The molecular formula is C16H11BrClNO. The van der Waals surface area contributed by atoms with Crippen LogP contribution in [0.4, 0.5) is 0 Å². The van der Waals surface area contributed by atoms with Gasteiger partial charge in [-0.25, -0.2) is 0 Å². The van der Waals surface area contributed by atoms with Gasteiger partial charge >= 0.3 is 0 Å². The Balaban J connectivity index is 2.15. The maximum Gasteiger partial charge on any atom is 0.195 e. The van der Waals surface area contributed by atoms with Crippen LogP contribution in [0.3, 0.4) is 0 Å². The van der Waals surface area contributed by atoms with Crippen molar-refractivity contribution in [3.63, 3.8) is 0 Å². The molecule has 0 saturated carbocycles. The van der Waals surface area contributed by atoms with E-state index in [1.54, 1.807) is 12.3 Å². The second-order valence-electron chi connectivity index (χ2n) is 4.66. The average Bonchev–Trinajstić information content (AvgIpc) is 2.86. The third-order valence-electron chi connectivity index (χ3n) is 3.33. The van der Waals surface area contributed by atoms with Crippen LogP contribution in [-0.4, -0.2) is 10.8 Å². The number of benzene rings is 2. The average molecular weight is 349 g/mol. The van der Waals surface area contributed by atoms with Crippen molar-refractivity contribution in [1.29, 1.82) is 0 Å². The zero-order chi connectivity index (χ0) is 14.3. The number of fused-ring (bicyclic) bond motifs is 1. The van der Waals surface area contributed by atoms with Crippen molar-refractivity contribution in [2.45, 2.75) is 6.92 Å². The molecule has 0 unspecified atom stereocenters. The molecule has 0 saturated heterocycles. The number of rotatable bonds is 2. The molecule has 2 aromatic carbocycles. The predicted molar refractivity (Wildman–Crippen MR) is 85.6 cm³/mol. The van der Waals surface area contributed by atoms with Crippen molar-refractivity contribution in [2.75, 3.05) is 0 Å². The first kappa shape index (κ1) is 13.4. The summed E-state index contributed by atoms with van der Waals surface area (Å²) in [6.45, 7) is 1.99. The van der Waals surface area contributed by atoms with Crippen molar-refractivity contribution in [2.24, 2.45) is 0 Å². The Hall–Kier alpha value is -1.58. The molecule has 4 heteroatoms. The molecule has 1 N–H and O–H groups in total. The lowest BCUT2D eigenvalue weighted by atomic mass is 10.0. The number of aromatic nitrogens is 1. The summed E-state index contributed by atoms with van der Waals surface area (Å²) in [5, 5.41) is 1.36. The van der Waals surface area contributed by atoms with Crippen LogP contribution in [0.2, 0.25) is 5.02 Å². The van der Waals surface area contributed by atoms with E-state index in [1.807, 2.05) is 37.3 Å². The maximum atomic E-state index is 12.6. The van der Waals surface area contributed by atoms with Gasteiger partial charge in [0.25, 0.3) is 0 Å². The van der Waals surface area contributed by atoms with Gasteiger partial charge in [0.15, 0.2) is 5.78 Å². The van der Waals surface area contributed by atoms with Gasteiger partial charge < -0.3 is 4.98 Å². The van der Waals surface area contributed by atoms with Gasteiger partial charge in [0.05, 0.1) is 5.02 Å². The Morgan fingerprint density at radius 3 is 2.80 bits per heavy atom. The van der Waals surface area contributed by atoms with Gasteiger partial charge in [0.1, 0.15) is 0 Å². The molecule has 100 valence electrons.